The molecule has 19 heavy (non-hydrogen) atoms. The zero-order valence-electron chi connectivity index (χ0n) is 9.68. The summed E-state index contributed by atoms with van der Waals surface area (Å²) in [6.07, 6.45) is 0. The van der Waals surface area contributed by atoms with E-state index in [-0.39, 0.29) is 5.56 Å². The third kappa shape index (κ3) is 2.45. The summed E-state index contributed by atoms with van der Waals surface area (Å²) < 4.78 is 1.20. The first-order chi connectivity index (χ1) is 8.98. The Kier molecular flexibility index (Phi) is 4.08. The minimum atomic E-state index is -2.09. The van der Waals surface area contributed by atoms with Crippen molar-refractivity contribution in [1.29, 1.82) is 0 Å². The summed E-state index contributed by atoms with van der Waals surface area (Å²) >= 11 is 6.62. The number of rotatable bonds is 3. The molecule has 2 N–H and O–H groups in total. The third-order valence-corrected chi connectivity index (χ3v) is 4.89. The Balaban J connectivity index is 2.71. The van der Waals surface area contributed by atoms with E-state index in [0.29, 0.717) is 14.5 Å². The molecule has 0 saturated heterocycles. The van der Waals surface area contributed by atoms with Crippen LogP contribution in [0.2, 0.25) is 0 Å². The standard InChI is InChI=1S/C14H10Br2O3/c15-11-8-4-7-10(12(11)16)14(19,13(17)18)9-5-2-1-3-6-9/h1-8,19H,(H,17,18). The van der Waals surface area contributed by atoms with Gasteiger partial charge in [0.2, 0.25) is 5.60 Å². The monoisotopic (exact) mass is 384 g/mol. The molecule has 0 aliphatic heterocycles. The second-order valence-electron chi connectivity index (χ2n) is 3.98. The number of halogens is 2. The van der Waals surface area contributed by atoms with E-state index in [4.69, 9.17) is 0 Å². The van der Waals surface area contributed by atoms with E-state index in [1.807, 2.05) is 0 Å². The molecule has 3 nitrogen and oxygen atoms in total. The summed E-state index contributed by atoms with van der Waals surface area (Å²) in [5.41, 5.74) is -1.51. The number of hydrogen-bond donors (Lipinski definition) is 2. The second kappa shape index (κ2) is 5.45. The molecule has 5 heteroatoms. The van der Waals surface area contributed by atoms with Gasteiger partial charge in [-0.25, -0.2) is 4.79 Å². The van der Waals surface area contributed by atoms with Crippen LogP contribution in [-0.2, 0) is 10.4 Å². The molecule has 1 atom stereocenters. The number of carboxylic acids is 1. The van der Waals surface area contributed by atoms with Gasteiger partial charge < -0.3 is 10.2 Å². The minimum Gasteiger partial charge on any atom is -0.479 e. The van der Waals surface area contributed by atoms with Crippen LogP contribution in [0, 0.1) is 0 Å². The summed E-state index contributed by atoms with van der Waals surface area (Å²) in [5, 5.41) is 20.2. The van der Waals surface area contributed by atoms with Gasteiger partial charge in [0, 0.05) is 14.5 Å². The molecule has 1 unspecified atom stereocenters. The van der Waals surface area contributed by atoms with Crippen LogP contribution < -0.4 is 0 Å². The quantitative estimate of drug-likeness (QED) is 0.849. The SMILES string of the molecule is O=C(O)C(O)(c1ccccc1)c1cccc(Br)c1Br. The highest BCUT2D eigenvalue weighted by atomic mass is 79.9. The van der Waals surface area contributed by atoms with Crippen LogP contribution in [0.5, 0.6) is 0 Å². The summed E-state index contributed by atoms with van der Waals surface area (Å²) in [6, 6.07) is 13.3. The van der Waals surface area contributed by atoms with Crippen molar-refractivity contribution >= 4 is 37.8 Å². The Hall–Kier alpha value is -1.17. The van der Waals surface area contributed by atoms with E-state index in [1.54, 1.807) is 48.5 Å². The van der Waals surface area contributed by atoms with Crippen molar-refractivity contribution in [3.8, 4) is 0 Å². The normalized spacial score (nSPS) is 13.8. The smallest absolute Gasteiger partial charge is 0.345 e. The van der Waals surface area contributed by atoms with Gasteiger partial charge in [-0.15, -0.1) is 0 Å². The highest BCUT2D eigenvalue weighted by Crippen LogP contribution is 2.38. The largest absolute Gasteiger partial charge is 0.479 e. The van der Waals surface area contributed by atoms with Crippen molar-refractivity contribution in [1.82, 2.24) is 0 Å². The van der Waals surface area contributed by atoms with Gasteiger partial charge in [0.05, 0.1) is 0 Å². The fourth-order valence-corrected chi connectivity index (χ4v) is 2.77. The number of aliphatic carboxylic acids is 1. The molecule has 2 aromatic rings. The third-order valence-electron chi connectivity index (χ3n) is 2.84. The lowest BCUT2D eigenvalue weighted by Gasteiger charge is -2.26. The van der Waals surface area contributed by atoms with Crippen LogP contribution in [0.4, 0.5) is 0 Å². The molecular formula is C14H10Br2O3. The predicted octanol–water partition coefficient (Wildman–Crippen LogP) is 3.53. The number of benzene rings is 2. The van der Waals surface area contributed by atoms with Crippen LogP contribution >= 0.6 is 31.9 Å². The first kappa shape index (κ1) is 14.2. The van der Waals surface area contributed by atoms with E-state index < -0.39 is 11.6 Å². The maximum absolute atomic E-state index is 11.6. The summed E-state index contributed by atoms with van der Waals surface area (Å²) in [4.78, 5) is 11.6. The average molecular weight is 386 g/mol. The maximum Gasteiger partial charge on any atom is 0.345 e. The molecular weight excluding hydrogens is 376 g/mol. The number of carbonyl (C=O) groups is 1. The molecule has 0 aliphatic rings. The maximum atomic E-state index is 11.6. The molecule has 2 aromatic carbocycles. The number of carboxylic acid groups (broad SMARTS) is 1. The number of aliphatic hydroxyl groups is 1. The van der Waals surface area contributed by atoms with Crippen molar-refractivity contribution in [3.05, 3.63) is 68.6 Å². The first-order valence-corrected chi connectivity index (χ1v) is 7.02. The molecule has 0 bridgehead atoms. The molecule has 0 radical (unpaired) electrons. The lowest BCUT2D eigenvalue weighted by molar-refractivity contribution is -0.155. The highest BCUT2D eigenvalue weighted by Gasteiger charge is 2.41. The van der Waals surface area contributed by atoms with Crippen molar-refractivity contribution in [3.63, 3.8) is 0 Å². The topological polar surface area (TPSA) is 57.5 Å². The van der Waals surface area contributed by atoms with Gasteiger partial charge in [-0.3, -0.25) is 0 Å². The van der Waals surface area contributed by atoms with Gasteiger partial charge in [0.1, 0.15) is 0 Å². The molecule has 2 rings (SSSR count). The molecule has 98 valence electrons. The number of hydrogen-bond acceptors (Lipinski definition) is 2. The molecule has 0 heterocycles. The predicted molar refractivity (Wildman–Crippen MR) is 78.9 cm³/mol. The molecule has 0 fully saturated rings. The van der Waals surface area contributed by atoms with E-state index >= 15 is 0 Å². The fraction of sp³-hybridized carbons (Fsp3) is 0.0714. The van der Waals surface area contributed by atoms with Gasteiger partial charge in [-0.2, -0.15) is 0 Å². The van der Waals surface area contributed by atoms with Gasteiger partial charge in [-0.1, -0.05) is 42.5 Å². The molecule has 0 saturated carbocycles. The lowest BCUT2D eigenvalue weighted by atomic mass is 9.86. The Bertz CT molecular complexity index is 613. The Morgan fingerprint density at radius 1 is 1.00 bits per heavy atom. The molecule has 0 aromatic heterocycles. The van der Waals surface area contributed by atoms with Crippen molar-refractivity contribution < 1.29 is 15.0 Å². The zero-order chi connectivity index (χ0) is 14.0. The van der Waals surface area contributed by atoms with Gasteiger partial charge in [0.15, 0.2) is 0 Å². The van der Waals surface area contributed by atoms with Crippen LogP contribution in [0.25, 0.3) is 0 Å². The zero-order valence-corrected chi connectivity index (χ0v) is 12.8. The van der Waals surface area contributed by atoms with Crippen molar-refractivity contribution in [2.75, 3.05) is 0 Å². The molecule has 0 aliphatic carbocycles. The summed E-state index contributed by atoms with van der Waals surface area (Å²) in [6.45, 7) is 0. The lowest BCUT2D eigenvalue weighted by Crippen LogP contribution is -2.37. The van der Waals surface area contributed by atoms with Crippen molar-refractivity contribution in [2.45, 2.75) is 5.60 Å². The van der Waals surface area contributed by atoms with Crippen LogP contribution in [0.15, 0.2) is 57.5 Å². The average Bonchev–Trinajstić information content (AvgIpc) is 2.42. The van der Waals surface area contributed by atoms with Gasteiger partial charge >= 0.3 is 5.97 Å². The van der Waals surface area contributed by atoms with E-state index in [0.717, 1.165) is 0 Å². The second-order valence-corrected chi connectivity index (χ2v) is 5.63. The van der Waals surface area contributed by atoms with Crippen LogP contribution in [-0.4, -0.2) is 16.2 Å². The Morgan fingerprint density at radius 3 is 2.21 bits per heavy atom. The Labute approximate surface area is 127 Å². The fourth-order valence-electron chi connectivity index (χ4n) is 1.86. The van der Waals surface area contributed by atoms with Crippen LogP contribution in [0.1, 0.15) is 11.1 Å². The molecule has 0 spiro atoms. The van der Waals surface area contributed by atoms with Gasteiger partial charge in [-0.05, 0) is 43.5 Å². The van der Waals surface area contributed by atoms with Crippen molar-refractivity contribution in [2.24, 2.45) is 0 Å². The Morgan fingerprint density at radius 2 is 1.63 bits per heavy atom. The van der Waals surface area contributed by atoms with E-state index in [1.165, 1.54) is 0 Å². The van der Waals surface area contributed by atoms with Gasteiger partial charge in [0.25, 0.3) is 0 Å². The summed E-state index contributed by atoms with van der Waals surface area (Å²) in [7, 11) is 0. The minimum absolute atomic E-state index is 0.278. The molecule has 0 amide bonds. The highest BCUT2D eigenvalue weighted by molar-refractivity contribution is 9.13. The van der Waals surface area contributed by atoms with E-state index in [9.17, 15) is 15.0 Å². The summed E-state index contributed by atoms with van der Waals surface area (Å²) in [5.74, 6) is -1.32. The van der Waals surface area contributed by atoms with Crippen LogP contribution in [0.3, 0.4) is 0 Å². The van der Waals surface area contributed by atoms with E-state index in [2.05, 4.69) is 31.9 Å². The first-order valence-electron chi connectivity index (χ1n) is 5.43.